The first kappa shape index (κ1) is 63.3. The molecular formula is C53H50F4N2O18S5-4. The van der Waals surface area contributed by atoms with Crippen molar-refractivity contribution in [3.63, 3.8) is 0 Å². The van der Waals surface area contributed by atoms with Gasteiger partial charge >= 0.3 is 5.97 Å². The van der Waals surface area contributed by atoms with E-state index in [-0.39, 0.29) is 91.4 Å². The molecular weight excluding hydrogens is 1190 g/mol. The van der Waals surface area contributed by atoms with Gasteiger partial charge in [-0.2, -0.15) is 13.4 Å². The van der Waals surface area contributed by atoms with Crippen molar-refractivity contribution >= 4 is 95.2 Å². The largest absolute Gasteiger partial charge is 0.748 e. The average molecular weight is 1240 g/mol. The smallest absolute Gasteiger partial charge is 0.311 e. The number of unbranched alkanes of at least 4 members (excludes halogenated alkanes) is 2. The van der Waals surface area contributed by atoms with Crippen LogP contribution in [0.3, 0.4) is 0 Å². The summed E-state index contributed by atoms with van der Waals surface area (Å²) in [4.78, 5) is 10.4. The SMILES string of the molecule is CCN1/C(=C/C=C/C=C/C=C/C2=[N+](CCCCCC(=O)Oc3c(F)c(F)cc(F)c3F)c3ccc4c(S(=O)(=O)[O-])cc(S(=O)(=O)[O-])cc4c3C2(C)CCOC)C(C)(CCCS(=O)(=O)[O-])c2c1ccc1c(S(=O)(=O)[O-])cc(S(=O)(=O)[O-])cc21. The number of methoxy groups -OCH3 is 1. The first-order valence-electron chi connectivity index (χ1n) is 24.8. The zero-order valence-electron chi connectivity index (χ0n) is 43.8. The number of ether oxygens (including phenoxy) is 2. The third-order valence-electron chi connectivity index (χ3n) is 14.3. The maximum Gasteiger partial charge on any atom is 0.311 e. The molecule has 2 aliphatic rings. The van der Waals surface area contributed by atoms with Crippen LogP contribution in [0.5, 0.6) is 5.75 Å². The highest BCUT2D eigenvalue weighted by molar-refractivity contribution is 7.87. The highest BCUT2D eigenvalue weighted by Crippen LogP contribution is 2.54. The van der Waals surface area contributed by atoms with E-state index < -0.39 is 128 Å². The molecule has 2 aliphatic heterocycles. The highest BCUT2D eigenvalue weighted by atomic mass is 32.2. The lowest BCUT2D eigenvalue weighted by Gasteiger charge is -2.30. The highest BCUT2D eigenvalue weighted by Gasteiger charge is 2.49. The number of rotatable bonds is 23. The fraction of sp³-hybridized carbons (Fsp3) is 0.321. The van der Waals surface area contributed by atoms with Crippen LogP contribution in [0.4, 0.5) is 28.9 Å². The van der Waals surface area contributed by atoms with Gasteiger partial charge in [0.1, 0.15) is 47.0 Å². The van der Waals surface area contributed by atoms with Gasteiger partial charge in [0.2, 0.25) is 23.1 Å². The molecule has 5 aromatic rings. The summed E-state index contributed by atoms with van der Waals surface area (Å²) in [5, 5.41) is -0.555. The van der Waals surface area contributed by atoms with Gasteiger partial charge in [-0.25, -0.2) is 50.9 Å². The number of allylic oxidation sites excluding steroid dienone is 8. The summed E-state index contributed by atoms with van der Waals surface area (Å²) in [6.07, 6.45) is 11.1. The number of carbonyl (C=O) groups is 1. The predicted molar refractivity (Wildman–Crippen MR) is 283 cm³/mol. The molecule has 0 saturated carbocycles. The van der Waals surface area contributed by atoms with Gasteiger partial charge in [-0.15, -0.1) is 0 Å². The molecule has 0 aromatic heterocycles. The van der Waals surface area contributed by atoms with Crippen molar-refractivity contribution in [2.24, 2.45) is 0 Å². The standard InChI is InChI=1S/C53H54F4N2O18S5/c1-5-58-40-20-18-34-36(27-32(79(64,65)66)29-42(34)81(70,71)72)47(40)52(2,22-14-26-78(61,62)63)44(58)15-10-7-6-8-11-16-45-53(3,23-25-76-4)48-37-28-33(80(67,68)69)30-43(82(73,74)75)35(37)19-21-41(48)59(45)24-13-9-12-17-46(60)77-51-49(56)38(54)31-39(55)50(51)57/h6-8,10-11,15-16,18-21,27-31H,5,9,12-14,17,22-26H2,1-4H3,(H4-,61,62,63,64,65,66,67,68,69,70,71,72,73,74,75)/p-4. The molecule has 0 aliphatic carbocycles. The normalized spacial score (nSPS) is 18.6. The van der Waals surface area contributed by atoms with Crippen molar-refractivity contribution in [3.05, 3.63) is 137 Å². The Labute approximate surface area is 470 Å². The van der Waals surface area contributed by atoms with Crippen molar-refractivity contribution in [2.75, 3.05) is 37.5 Å². The molecule has 0 amide bonds. The Hall–Kier alpha value is -6.25. The lowest BCUT2D eigenvalue weighted by molar-refractivity contribution is -0.438. The number of carbonyl (C=O) groups excluding carboxylic acids is 1. The Morgan fingerprint density at radius 3 is 1.72 bits per heavy atom. The molecule has 2 atom stereocenters. The molecule has 0 N–H and O–H groups in total. The molecule has 442 valence electrons. The van der Waals surface area contributed by atoms with Gasteiger partial charge in [0.15, 0.2) is 17.3 Å². The van der Waals surface area contributed by atoms with E-state index in [1.807, 2.05) is 0 Å². The van der Waals surface area contributed by atoms with E-state index >= 15 is 0 Å². The molecule has 7 rings (SSSR count). The molecule has 0 saturated heterocycles. The van der Waals surface area contributed by atoms with E-state index in [9.17, 15) is 87.2 Å². The first-order valence-corrected chi connectivity index (χ1v) is 32.0. The molecule has 0 fully saturated rings. The molecule has 0 spiro atoms. The number of likely N-dealkylation sites (N-methyl/N-ethyl adjacent to an activating group) is 1. The quantitative estimate of drug-likeness (QED) is 0.00898. The zero-order valence-corrected chi connectivity index (χ0v) is 47.9. The summed E-state index contributed by atoms with van der Waals surface area (Å²) in [5.41, 5.74) is -0.259. The van der Waals surface area contributed by atoms with Crippen LogP contribution in [0, 0.1) is 23.3 Å². The van der Waals surface area contributed by atoms with E-state index in [2.05, 4.69) is 4.74 Å². The molecule has 2 heterocycles. The minimum Gasteiger partial charge on any atom is -0.748 e. The molecule has 29 heteroatoms. The van der Waals surface area contributed by atoms with Crippen LogP contribution in [0.2, 0.25) is 0 Å². The van der Waals surface area contributed by atoms with Crippen LogP contribution in [0.25, 0.3) is 21.5 Å². The van der Waals surface area contributed by atoms with Crippen molar-refractivity contribution in [3.8, 4) is 5.75 Å². The van der Waals surface area contributed by atoms with Crippen molar-refractivity contribution < 1.29 is 101 Å². The molecule has 0 radical (unpaired) electrons. The summed E-state index contributed by atoms with van der Waals surface area (Å²) in [6, 6.07) is 8.39. The fourth-order valence-electron chi connectivity index (χ4n) is 10.7. The maximum absolute atomic E-state index is 14.2. The third kappa shape index (κ3) is 13.1. The summed E-state index contributed by atoms with van der Waals surface area (Å²) in [7, 11) is -24.8. The molecule has 0 bridgehead atoms. The van der Waals surface area contributed by atoms with Gasteiger partial charge in [0, 0.05) is 84.8 Å². The van der Waals surface area contributed by atoms with Crippen LogP contribution in [0.1, 0.15) is 76.8 Å². The van der Waals surface area contributed by atoms with E-state index in [0.29, 0.717) is 40.5 Å². The van der Waals surface area contributed by atoms with Gasteiger partial charge < -0.3 is 37.1 Å². The van der Waals surface area contributed by atoms with Gasteiger partial charge in [-0.05, 0) is 117 Å². The number of nitrogens with zero attached hydrogens (tertiary/aromatic N) is 2. The number of hydrogen-bond acceptors (Lipinski definition) is 19. The number of esters is 1. The second-order valence-electron chi connectivity index (χ2n) is 19.6. The summed E-state index contributed by atoms with van der Waals surface area (Å²) in [5.74, 6) is -10.9. The summed E-state index contributed by atoms with van der Waals surface area (Å²) in [6.45, 7) is 5.52. The lowest BCUT2D eigenvalue weighted by Crippen LogP contribution is -2.33. The topological polar surface area (TPSA) is 328 Å². The number of benzene rings is 5. The Morgan fingerprint density at radius 1 is 0.634 bits per heavy atom. The van der Waals surface area contributed by atoms with Crippen LogP contribution in [-0.4, -0.2) is 114 Å². The number of hydrogen-bond donors (Lipinski definition) is 0. The zero-order chi connectivity index (χ0) is 60.7. The molecule has 5 aromatic carbocycles. The second kappa shape index (κ2) is 23.8. The van der Waals surface area contributed by atoms with Crippen molar-refractivity contribution in [1.82, 2.24) is 0 Å². The number of anilines is 1. The fourth-order valence-corrected chi connectivity index (χ4v) is 13.8. The molecule has 2 unspecified atom stereocenters. The van der Waals surface area contributed by atoms with Crippen molar-refractivity contribution in [1.29, 1.82) is 0 Å². The van der Waals surface area contributed by atoms with Crippen molar-refractivity contribution in [2.45, 2.75) is 96.1 Å². The second-order valence-corrected chi connectivity index (χ2v) is 26.6. The Bertz CT molecular complexity index is 4180. The predicted octanol–water partition coefficient (Wildman–Crippen LogP) is 7.40. The minimum atomic E-state index is -5.40. The molecule has 82 heavy (non-hydrogen) atoms. The van der Waals surface area contributed by atoms with E-state index in [0.717, 1.165) is 12.1 Å². The van der Waals surface area contributed by atoms with Crippen LogP contribution >= 0.6 is 0 Å². The first-order chi connectivity index (χ1) is 38.1. The molecule has 20 nitrogen and oxygen atoms in total. The van der Waals surface area contributed by atoms with Gasteiger partial charge in [-0.1, -0.05) is 36.4 Å². The minimum absolute atomic E-state index is 0.0321. The monoisotopic (exact) mass is 1240 g/mol. The summed E-state index contributed by atoms with van der Waals surface area (Å²) >= 11 is 0. The third-order valence-corrected chi connectivity index (χ3v) is 18.5. The Kier molecular flexibility index (Phi) is 18.4. The summed E-state index contributed by atoms with van der Waals surface area (Å²) < 4.78 is 253. The van der Waals surface area contributed by atoms with Crippen LogP contribution < -0.4 is 9.64 Å². The van der Waals surface area contributed by atoms with Crippen LogP contribution in [0.15, 0.2) is 122 Å². The van der Waals surface area contributed by atoms with E-state index in [1.54, 1.807) is 72.8 Å². The Morgan fingerprint density at radius 2 is 1.18 bits per heavy atom. The average Bonchev–Trinajstić information content (AvgIpc) is 1.80. The maximum atomic E-state index is 14.2. The van der Waals surface area contributed by atoms with Gasteiger partial charge in [0.05, 0.1) is 35.1 Å². The van der Waals surface area contributed by atoms with E-state index in [4.69, 9.17) is 4.74 Å². The number of halogens is 4. The Balaban J connectivity index is 1.28. The van der Waals surface area contributed by atoms with Gasteiger partial charge in [0.25, 0.3) is 0 Å². The number of fused-ring (bicyclic) bond motifs is 6. The van der Waals surface area contributed by atoms with Crippen LogP contribution in [-0.2, 0) is 71.0 Å². The van der Waals surface area contributed by atoms with Gasteiger partial charge in [-0.3, -0.25) is 4.79 Å². The lowest BCUT2D eigenvalue weighted by atomic mass is 9.75. The van der Waals surface area contributed by atoms with E-state index in [1.165, 1.54) is 31.4 Å².